The number of carboxylic acid groups (broad SMARTS) is 1. The number of nitrogens with one attached hydrogen (secondary N) is 1. The highest BCUT2D eigenvalue weighted by Gasteiger charge is 2.12. The molecule has 0 fully saturated rings. The first-order valence-corrected chi connectivity index (χ1v) is 9.27. The van der Waals surface area contributed by atoms with Crippen LogP contribution in [0.3, 0.4) is 0 Å². The van der Waals surface area contributed by atoms with Crippen molar-refractivity contribution in [3.05, 3.63) is 69.3 Å². The topological polar surface area (TPSA) is 74.6 Å². The second kappa shape index (κ2) is 8.47. The number of rotatable bonds is 6. The summed E-state index contributed by atoms with van der Waals surface area (Å²) in [5.74, 6) is -1.56. The van der Waals surface area contributed by atoms with Crippen molar-refractivity contribution in [1.29, 1.82) is 0 Å². The zero-order valence-electron chi connectivity index (χ0n) is 13.6. The van der Waals surface area contributed by atoms with Gasteiger partial charge < -0.3 is 5.11 Å². The Bertz CT molecular complexity index is 1010. The average Bonchev–Trinajstić information content (AvgIpc) is 3.11. The summed E-state index contributed by atoms with van der Waals surface area (Å²) >= 11 is 13.2. The molecule has 0 saturated carbocycles. The summed E-state index contributed by atoms with van der Waals surface area (Å²) in [4.78, 5) is 15.8. The minimum absolute atomic E-state index is 0.0492. The molecular formula is C18H12Cl2FN3O2S. The van der Waals surface area contributed by atoms with Gasteiger partial charge in [0, 0.05) is 17.4 Å². The van der Waals surface area contributed by atoms with Gasteiger partial charge in [-0.15, -0.1) is 11.3 Å². The van der Waals surface area contributed by atoms with Crippen molar-refractivity contribution in [3.63, 3.8) is 0 Å². The minimum Gasteiger partial charge on any atom is -0.477 e. The fraction of sp³-hybridized carbons (Fsp3) is 0.0556. The van der Waals surface area contributed by atoms with E-state index < -0.39 is 5.97 Å². The van der Waals surface area contributed by atoms with Crippen molar-refractivity contribution in [3.8, 4) is 11.3 Å². The minimum atomic E-state index is -1.17. The fourth-order valence-electron chi connectivity index (χ4n) is 2.19. The van der Waals surface area contributed by atoms with Gasteiger partial charge in [0.25, 0.3) is 0 Å². The van der Waals surface area contributed by atoms with Crippen LogP contribution in [0.25, 0.3) is 11.3 Å². The second-order valence-electron chi connectivity index (χ2n) is 5.45. The molecule has 0 atom stereocenters. The molecule has 1 aromatic heterocycles. The standard InChI is InChI=1S/C18H12Cl2FN3O2S/c19-13-6-3-11(8-14(13)20)16-9-27-18(22-16)24-23-15(17(25)26)7-10-1-4-12(21)5-2-10/h1-6,8-9H,7H2,(H,22,24)(H,25,26)/b23-15-. The van der Waals surface area contributed by atoms with E-state index in [0.717, 1.165) is 5.56 Å². The molecule has 5 nitrogen and oxygen atoms in total. The average molecular weight is 424 g/mol. The molecule has 3 rings (SSSR count). The number of hydrogen-bond donors (Lipinski definition) is 2. The Kier molecular flexibility index (Phi) is 6.05. The Morgan fingerprint density at radius 1 is 1.19 bits per heavy atom. The Morgan fingerprint density at radius 3 is 2.59 bits per heavy atom. The first kappa shape index (κ1) is 19.3. The third-order valence-corrected chi connectivity index (χ3v) is 5.02. The second-order valence-corrected chi connectivity index (χ2v) is 7.12. The summed E-state index contributed by atoms with van der Waals surface area (Å²) in [6, 6.07) is 10.7. The Hall–Kier alpha value is -2.48. The summed E-state index contributed by atoms with van der Waals surface area (Å²) in [7, 11) is 0. The number of carbonyl (C=O) groups is 1. The number of benzene rings is 2. The van der Waals surface area contributed by atoms with Crippen LogP contribution in [-0.2, 0) is 11.2 Å². The van der Waals surface area contributed by atoms with Crippen LogP contribution in [-0.4, -0.2) is 21.8 Å². The van der Waals surface area contributed by atoms with Gasteiger partial charge in [-0.3, -0.25) is 5.43 Å². The van der Waals surface area contributed by atoms with Gasteiger partial charge in [-0.25, -0.2) is 14.2 Å². The van der Waals surface area contributed by atoms with Crippen LogP contribution in [0.5, 0.6) is 0 Å². The van der Waals surface area contributed by atoms with E-state index in [1.54, 1.807) is 23.6 Å². The van der Waals surface area contributed by atoms with E-state index in [9.17, 15) is 14.3 Å². The van der Waals surface area contributed by atoms with E-state index in [4.69, 9.17) is 23.2 Å². The van der Waals surface area contributed by atoms with Crippen molar-refractivity contribution in [2.45, 2.75) is 6.42 Å². The van der Waals surface area contributed by atoms with Gasteiger partial charge in [-0.1, -0.05) is 41.4 Å². The highest BCUT2D eigenvalue weighted by Crippen LogP contribution is 2.30. The molecule has 1 heterocycles. The number of carboxylic acids is 1. The Balaban J connectivity index is 1.75. The van der Waals surface area contributed by atoms with Crippen LogP contribution in [0, 0.1) is 5.82 Å². The highest BCUT2D eigenvalue weighted by molar-refractivity contribution is 7.14. The molecule has 0 spiro atoms. The van der Waals surface area contributed by atoms with E-state index in [2.05, 4.69) is 15.5 Å². The number of nitrogens with zero attached hydrogens (tertiary/aromatic N) is 2. The molecule has 27 heavy (non-hydrogen) atoms. The van der Waals surface area contributed by atoms with Crippen molar-refractivity contribution < 1.29 is 14.3 Å². The number of anilines is 1. The number of hydrogen-bond acceptors (Lipinski definition) is 5. The SMILES string of the molecule is O=C(O)/C(Cc1ccc(F)cc1)=N\Nc1nc(-c2ccc(Cl)c(Cl)c2)cs1. The smallest absolute Gasteiger partial charge is 0.352 e. The molecule has 0 bridgehead atoms. The molecule has 138 valence electrons. The predicted octanol–water partition coefficient (Wildman–Crippen LogP) is 5.35. The Morgan fingerprint density at radius 2 is 1.93 bits per heavy atom. The lowest BCUT2D eigenvalue weighted by atomic mass is 10.1. The zero-order chi connectivity index (χ0) is 19.4. The lowest BCUT2D eigenvalue weighted by Crippen LogP contribution is -2.17. The van der Waals surface area contributed by atoms with E-state index in [0.29, 0.717) is 26.4 Å². The maximum atomic E-state index is 13.0. The molecule has 0 saturated heterocycles. The number of aromatic nitrogens is 1. The number of hydrazone groups is 1. The number of thiazole rings is 1. The van der Waals surface area contributed by atoms with E-state index in [1.165, 1.54) is 35.6 Å². The van der Waals surface area contributed by atoms with Crippen LogP contribution in [0.2, 0.25) is 10.0 Å². The summed E-state index contributed by atoms with van der Waals surface area (Å²) in [6.07, 6.45) is 0.0492. The van der Waals surface area contributed by atoms with Crippen LogP contribution < -0.4 is 5.43 Å². The first-order valence-electron chi connectivity index (χ1n) is 7.63. The zero-order valence-corrected chi connectivity index (χ0v) is 15.9. The van der Waals surface area contributed by atoms with Gasteiger partial charge >= 0.3 is 5.97 Å². The van der Waals surface area contributed by atoms with E-state index in [1.807, 2.05) is 0 Å². The van der Waals surface area contributed by atoms with E-state index >= 15 is 0 Å². The highest BCUT2D eigenvalue weighted by atomic mass is 35.5. The largest absolute Gasteiger partial charge is 0.477 e. The summed E-state index contributed by atoms with van der Waals surface area (Å²) in [6.45, 7) is 0. The summed E-state index contributed by atoms with van der Waals surface area (Å²) < 4.78 is 13.0. The van der Waals surface area contributed by atoms with Gasteiger partial charge in [0.1, 0.15) is 11.5 Å². The Labute approximate surface area is 168 Å². The van der Waals surface area contributed by atoms with Gasteiger partial charge in [0.05, 0.1) is 15.7 Å². The van der Waals surface area contributed by atoms with Gasteiger partial charge in [-0.2, -0.15) is 5.10 Å². The van der Waals surface area contributed by atoms with Crippen molar-refractivity contribution in [2.24, 2.45) is 5.10 Å². The van der Waals surface area contributed by atoms with Gasteiger partial charge in [0.15, 0.2) is 0 Å². The maximum absolute atomic E-state index is 13.0. The van der Waals surface area contributed by atoms with Crippen LogP contribution >= 0.6 is 34.5 Å². The third kappa shape index (κ3) is 5.03. The molecule has 0 amide bonds. The van der Waals surface area contributed by atoms with Crippen molar-refractivity contribution in [1.82, 2.24) is 4.98 Å². The van der Waals surface area contributed by atoms with Crippen molar-refractivity contribution >= 4 is 51.4 Å². The number of aliphatic carboxylic acids is 1. The monoisotopic (exact) mass is 423 g/mol. The number of halogens is 3. The fourth-order valence-corrected chi connectivity index (χ4v) is 3.15. The van der Waals surface area contributed by atoms with E-state index in [-0.39, 0.29) is 17.9 Å². The summed E-state index contributed by atoms with van der Waals surface area (Å²) in [5.41, 5.74) is 4.61. The van der Waals surface area contributed by atoms with Crippen LogP contribution in [0.1, 0.15) is 5.56 Å². The van der Waals surface area contributed by atoms with Crippen LogP contribution in [0.4, 0.5) is 9.52 Å². The summed E-state index contributed by atoms with van der Waals surface area (Å²) in [5, 5.41) is 16.3. The van der Waals surface area contributed by atoms with Crippen LogP contribution in [0.15, 0.2) is 52.9 Å². The molecule has 2 aromatic carbocycles. The molecule has 9 heteroatoms. The molecule has 0 aliphatic heterocycles. The normalized spacial score (nSPS) is 11.4. The van der Waals surface area contributed by atoms with Crippen molar-refractivity contribution in [2.75, 3.05) is 5.43 Å². The molecular weight excluding hydrogens is 412 g/mol. The van der Waals surface area contributed by atoms with Gasteiger partial charge in [-0.05, 0) is 29.8 Å². The third-order valence-electron chi connectivity index (χ3n) is 3.54. The molecule has 3 aromatic rings. The lowest BCUT2D eigenvalue weighted by Gasteiger charge is -2.03. The molecule has 2 N–H and O–H groups in total. The maximum Gasteiger partial charge on any atom is 0.352 e. The quantitative estimate of drug-likeness (QED) is 0.413. The molecule has 0 aliphatic rings. The molecule has 0 unspecified atom stereocenters. The molecule has 0 radical (unpaired) electrons. The molecule has 0 aliphatic carbocycles. The lowest BCUT2D eigenvalue weighted by molar-refractivity contribution is -0.129. The first-order chi connectivity index (χ1) is 12.9. The predicted molar refractivity (Wildman–Crippen MR) is 106 cm³/mol. The van der Waals surface area contributed by atoms with Gasteiger partial charge in [0.2, 0.25) is 5.13 Å².